The highest BCUT2D eigenvalue weighted by molar-refractivity contribution is 7.92. The van der Waals surface area contributed by atoms with E-state index >= 15 is 0 Å². The molecule has 0 atom stereocenters. The van der Waals surface area contributed by atoms with Crippen LogP contribution in [0.15, 0.2) is 78.9 Å². The standard InChI is InChI=1S/C25H28N2O4S/c1-19(2)21-9-11-22(12-10-21)26-25(28)18-31-24-15-13-23(14-16-24)27(32(3,29)30)17-20-7-5-4-6-8-20/h4-16,19H,17-18H2,1-3H3,(H,26,28). The smallest absolute Gasteiger partial charge is 0.262 e. The number of anilines is 2. The van der Waals surface area contributed by atoms with Crippen LogP contribution in [0.25, 0.3) is 0 Å². The van der Waals surface area contributed by atoms with E-state index < -0.39 is 10.0 Å². The average molecular weight is 453 g/mol. The van der Waals surface area contributed by atoms with Crippen LogP contribution in [-0.4, -0.2) is 27.2 Å². The molecular formula is C25H28N2O4S. The first kappa shape index (κ1) is 23.3. The molecule has 1 amide bonds. The Morgan fingerprint density at radius 2 is 1.56 bits per heavy atom. The highest BCUT2D eigenvalue weighted by atomic mass is 32.2. The second-order valence-electron chi connectivity index (χ2n) is 7.86. The molecule has 0 aliphatic rings. The van der Waals surface area contributed by atoms with E-state index in [0.29, 0.717) is 23.0 Å². The van der Waals surface area contributed by atoms with Crippen molar-refractivity contribution in [3.8, 4) is 5.75 Å². The lowest BCUT2D eigenvalue weighted by molar-refractivity contribution is -0.118. The van der Waals surface area contributed by atoms with E-state index in [4.69, 9.17) is 4.74 Å². The van der Waals surface area contributed by atoms with Crippen LogP contribution in [0.4, 0.5) is 11.4 Å². The molecule has 0 bridgehead atoms. The van der Waals surface area contributed by atoms with Gasteiger partial charge in [-0.05, 0) is 53.4 Å². The summed E-state index contributed by atoms with van der Waals surface area (Å²) in [5.74, 6) is 0.637. The molecule has 32 heavy (non-hydrogen) atoms. The van der Waals surface area contributed by atoms with Gasteiger partial charge in [0.15, 0.2) is 6.61 Å². The summed E-state index contributed by atoms with van der Waals surface area (Å²) in [5, 5.41) is 2.80. The molecular weight excluding hydrogens is 424 g/mol. The Morgan fingerprint density at radius 3 is 2.12 bits per heavy atom. The van der Waals surface area contributed by atoms with Crippen molar-refractivity contribution in [3.63, 3.8) is 0 Å². The molecule has 0 unspecified atom stereocenters. The molecule has 1 N–H and O–H groups in total. The van der Waals surface area contributed by atoms with Crippen molar-refractivity contribution < 1.29 is 17.9 Å². The third kappa shape index (κ3) is 6.59. The summed E-state index contributed by atoms with van der Waals surface area (Å²) in [4.78, 5) is 12.2. The molecule has 3 aromatic carbocycles. The fourth-order valence-electron chi connectivity index (χ4n) is 3.16. The van der Waals surface area contributed by atoms with Crippen LogP contribution in [0.3, 0.4) is 0 Å². The lowest BCUT2D eigenvalue weighted by atomic mass is 10.0. The van der Waals surface area contributed by atoms with Crippen LogP contribution < -0.4 is 14.4 Å². The van der Waals surface area contributed by atoms with Gasteiger partial charge in [0.2, 0.25) is 10.0 Å². The van der Waals surface area contributed by atoms with E-state index in [-0.39, 0.29) is 19.1 Å². The molecule has 0 aromatic heterocycles. The third-order valence-electron chi connectivity index (χ3n) is 4.93. The normalized spacial score (nSPS) is 11.2. The second kappa shape index (κ2) is 10.3. The highest BCUT2D eigenvalue weighted by Gasteiger charge is 2.18. The quantitative estimate of drug-likeness (QED) is 0.506. The first-order valence-electron chi connectivity index (χ1n) is 10.4. The van der Waals surface area contributed by atoms with Crippen LogP contribution in [0.1, 0.15) is 30.9 Å². The third-order valence-corrected chi connectivity index (χ3v) is 6.07. The fourth-order valence-corrected chi connectivity index (χ4v) is 4.04. The van der Waals surface area contributed by atoms with E-state index in [0.717, 1.165) is 5.56 Å². The minimum Gasteiger partial charge on any atom is -0.484 e. The minimum absolute atomic E-state index is 0.148. The molecule has 7 heteroatoms. The first-order chi connectivity index (χ1) is 15.2. The molecule has 0 saturated heterocycles. The number of carbonyl (C=O) groups excluding carboxylic acids is 1. The summed E-state index contributed by atoms with van der Waals surface area (Å²) in [6.07, 6.45) is 1.18. The Morgan fingerprint density at radius 1 is 0.938 bits per heavy atom. The largest absolute Gasteiger partial charge is 0.484 e. The van der Waals surface area contributed by atoms with E-state index in [1.165, 1.54) is 16.1 Å². The lowest BCUT2D eigenvalue weighted by Crippen LogP contribution is -2.29. The van der Waals surface area contributed by atoms with Gasteiger partial charge in [0, 0.05) is 5.69 Å². The maximum Gasteiger partial charge on any atom is 0.262 e. The molecule has 3 rings (SSSR count). The SMILES string of the molecule is CC(C)c1ccc(NC(=O)COc2ccc(N(Cc3ccccc3)S(C)(=O)=O)cc2)cc1. The van der Waals surface area contributed by atoms with Gasteiger partial charge in [-0.2, -0.15) is 0 Å². The van der Waals surface area contributed by atoms with Crippen molar-refractivity contribution in [1.29, 1.82) is 0 Å². The van der Waals surface area contributed by atoms with Crippen molar-refractivity contribution >= 4 is 27.3 Å². The molecule has 0 heterocycles. The monoisotopic (exact) mass is 452 g/mol. The maximum absolute atomic E-state index is 12.3. The maximum atomic E-state index is 12.3. The van der Waals surface area contributed by atoms with Gasteiger partial charge in [-0.1, -0.05) is 56.3 Å². The summed E-state index contributed by atoms with van der Waals surface area (Å²) < 4.78 is 31.5. The van der Waals surface area contributed by atoms with Gasteiger partial charge in [-0.15, -0.1) is 0 Å². The Labute approximate surface area is 189 Å². The number of rotatable bonds is 9. The van der Waals surface area contributed by atoms with Gasteiger partial charge in [0.25, 0.3) is 5.91 Å². The average Bonchev–Trinajstić information content (AvgIpc) is 2.77. The topological polar surface area (TPSA) is 75.7 Å². The van der Waals surface area contributed by atoms with Crippen molar-refractivity contribution in [2.75, 3.05) is 22.5 Å². The molecule has 0 aliphatic carbocycles. The molecule has 0 fully saturated rings. The van der Waals surface area contributed by atoms with Gasteiger partial charge in [-0.25, -0.2) is 8.42 Å². The van der Waals surface area contributed by atoms with Crippen LogP contribution in [0, 0.1) is 0 Å². The number of benzene rings is 3. The van der Waals surface area contributed by atoms with Gasteiger partial charge < -0.3 is 10.1 Å². The zero-order valence-electron chi connectivity index (χ0n) is 18.5. The van der Waals surface area contributed by atoms with Crippen LogP contribution in [-0.2, 0) is 21.4 Å². The van der Waals surface area contributed by atoms with Gasteiger partial charge in [0.05, 0.1) is 18.5 Å². The molecule has 168 valence electrons. The number of ether oxygens (including phenoxy) is 1. The van der Waals surface area contributed by atoms with Crippen LogP contribution >= 0.6 is 0 Å². The zero-order valence-corrected chi connectivity index (χ0v) is 19.3. The van der Waals surface area contributed by atoms with E-state index in [1.807, 2.05) is 54.6 Å². The molecule has 6 nitrogen and oxygen atoms in total. The Bertz CT molecular complexity index is 1130. The Balaban J connectivity index is 1.60. The molecule has 3 aromatic rings. The van der Waals surface area contributed by atoms with Gasteiger partial charge in [0.1, 0.15) is 5.75 Å². The lowest BCUT2D eigenvalue weighted by Gasteiger charge is -2.22. The number of sulfonamides is 1. The number of nitrogens with one attached hydrogen (secondary N) is 1. The molecule has 0 aliphatic heterocycles. The number of hydrogen-bond donors (Lipinski definition) is 1. The van der Waals surface area contributed by atoms with Crippen molar-refractivity contribution in [2.24, 2.45) is 0 Å². The molecule has 0 radical (unpaired) electrons. The van der Waals surface area contributed by atoms with Crippen LogP contribution in [0.2, 0.25) is 0 Å². The summed E-state index contributed by atoms with van der Waals surface area (Å²) in [6, 6.07) is 23.8. The highest BCUT2D eigenvalue weighted by Crippen LogP contribution is 2.24. The van der Waals surface area contributed by atoms with Crippen molar-refractivity contribution in [1.82, 2.24) is 0 Å². The number of hydrogen-bond acceptors (Lipinski definition) is 4. The number of amides is 1. The summed E-state index contributed by atoms with van der Waals surface area (Å²) >= 11 is 0. The molecule has 0 spiro atoms. The fraction of sp³-hybridized carbons (Fsp3) is 0.240. The predicted octanol–water partition coefficient (Wildman–Crippen LogP) is 4.79. The van der Waals surface area contributed by atoms with E-state index in [9.17, 15) is 13.2 Å². The molecule has 0 saturated carbocycles. The number of nitrogens with zero attached hydrogens (tertiary/aromatic N) is 1. The summed E-state index contributed by atoms with van der Waals surface area (Å²) in [7, 11) is -3.47. The zero-order chi connectivity index (χ0) is 23.1. The van der Waals surface area contributed by atoms with Crippen molar-refractivity contribution in [3.05, 3.63) is 90.0 Å². The van der Waals surface area contributed by atoms with E-state index in [2.05, 4.69) is 19.2 Å². The minimum atomic E-state index is -3.47. The number of carbonyl (C=O) groups is 1. The Kier molecular flexibility index (Phi) is 7.53. The Hall–Kier alpha value is -3.32. The van der Waals surface area contributed by atoms with Crippen molar-refractivity contribution in [2.45, 2.75) is 26.3 Å². The van der Waals surface area contributed by atoms with Gasteiger partial charge >= 0.3 is 0 Å². The van der Waals surface area contributed by atoms with Gasteiger partial charge in [-0.3, -0.25) is 9.10 Å². The van der Waals surface area contributed by atoms with Crippen LogP contribution in [0.5, 0.6) is 5.75 Å². The van der Waals surface area contributed by atoms with E-state index in [1.54, 1.807) is 24.3 Å². The first-order valence-corrected chi connectivity index (χ1v) is 12.2. The predicted molar refractivity (Wildman–Crippen MR) is 129 cm³/mol. The summed E-state index contributed by atoms with van der Waals surface area (Å²) in [5.41, 5.74) is 3.33. The summed E-state index contributed by atoms with van der Waals surface area (Å²) in [6.45, 7) is 4.32. The second-order valence-corrected chi connectivity index (χ2v) is 9.77.